The zero-order chi connectivity index (χ0) is 31.8. The monoisotopic (exact) mass is 636 g/mol. The molecule has 1 saturated heterocycles. The first-order valence-corrected chi connectivity index (χ1v) is 16.1. The third-order valence-electron chi connectivity index (χ3n) is 8.61. The molecule has 0 aliphatic carbocycles. The maximum atomic E-state index is 16.0. The number of carbonyl (C=O) groups is 1. The maximum absolute atomic E-state index is 16.0. The molecule has 45 heavy (non-hydrogen) atoms. The number of hydrogen-bond donors (Lipinski definition) is 0. The smallest absolute Gasteiger partial charge is 0.246 e. The Kier molecular flexibility index (Phi) is 8.89. The Labute approximate surface area is 265 Å². The van der Waals surface area contributed by atoms with E-state index < -0.39 is 11.6 Å². The van der Waals surface area contributed by atoms with Crippen molar-refractivity contribution in [2.24, 2.45) is 0 Å². The van der Waals surface area contributed by atoms with Crippen molar-refractivity contribution < 1.29 is 23.0 Å². The number of ether oxygens (including phenoxy) is 2. The van der Waals surface area contributed by atoms with Crippen LogP contribution in [0.1, 0.15) is 26.5 Å². The van der Waals surface area contributed by atoms with E-state index in [2.05, 4.69) is 30.2 Å². The van der Waals surface area contributed by atoms with E-state index >= 15 is 4.39 Å². The van der Waals surface area contributed by atoms with Crippen LogP contribution < -0.4 is 9.64 Å². The Morgan fingerprint density at radius 2 is 1.93 bits per heavy atom. The first-order valence-electron chi connectivity index (χ1n) is 15.2. The number of methoxy groups -OCH3 is 1. The summed E-state index contributed by atoms with van der Waals surface area (Å²) in [6.07, 6.45) is 1.32. The maximum Gasteiger partial charge on any atom is 0.246 e. The number of fused-ring (bicyclic) bond motifs is 2. The summed E-state index contributed by atoms with van der Waals surface area (Å²) in [4.78, 5) is 24.3. The van der Waals surface area contributed by atoms with E-state index in [1.807, 2.05) is 29.1 Å². The second-order valence-electron chi connectivity index (χ2n) is 11.8. The molecule has 4 aromatic rings. The molecule has 12 heteroatoms. The quantitative estimate of drug-likeness (QED) is 0.176. The largest absolute Gasteiger partial charge is 0.490 e. The minimum absolute atomic E-state index is 0.0703. The molecular weight excluding hydrogens is 598 g/mol. The molecular formula is C33H38F2N6O3S. The van der Waals surface area contributed by atoms with Gasteiger partial charge in [-0.3, -0.25) is 14.4 Å². The molecule has 1 amide bonds. The van der Waals surface area contributed by atoms with Crippen LogP contribution >= 0.6 is 11.3 Å². The van der Waals surface area contributed by atoms with Crippen LogP contribution in [0.25, 0.3) is 32.6 Å². The highest BCUT2D eigenvalue weighted by Crippen LogP contribution is 2.47. The summed E-state index contributed by atoms with van der Waals surface area (Å²) in [5.74, 6) is -0.761. The highest BCUT2D eigenvalue weighted by atomic mass is 32.1. The highest BCUT2D eigenvalue weighted by molar-refractivity contribution is 7.18. The molecule has 6 rings (SSSR count). The minimum atomic E-state index is -0.751. The lowest BCUT2D eigenvalue weighted by Gasteiger charge is -2.38. The summed E-state index contributed by atoms with van der Waals surface area (Å²) in [5.41, 5.74) is 2.48. The average Bonchev–Trinajstić information content (AvgIpc) is 3.67. The first-order chi connectivity index (χ1) is 21.7. The molecule has 0 bridgehead atoms. The molecule has 0 N–H and O–H groups in total. The first kappa shape index (κ1) is 31.1. The van der Waals surface area contributed by atoms with Crippen molar-refractivity contribution in [1.82, 2.24) is 24.6 Å². The van der Waals surface area contributed by atoms with Crippen LogP contribution in [-0.4, -0.2) is 89.1 Å². The second-order valence-corrected chi connectivity index (χ2v) is 12.7. The normalized spacial score (nSPS) is 17.3. The van der Waals surface area contributed by atoms with E-state index in [0.717, 1.165) is 53.8 Å². The van der Waals surface area contributed by atoms with Crippen LogP contribution in [0.2, 0.25) is 0 Å². The molecule has 3 aromatic heterocycles. The number of benzene rings is 1. The van der Waals surface area contributed by atoms with Crippen LogP contribution in [-0.2, 0) is 22.6 Å². The molecule has 2 aliphatic heterocycles. The van der Waals surface area contributed by atoms with Crippen molar-refractivity contribution in [1.29, 1.82) is 0 Å². The van der Waals surface area contributed by atoms with Gasteiger partial charge in [0.05, 0.1) is 31.0 Å². The Morgan fingerprint density at radius 1 is 1.16 bits per heavy atom. The average molecular weight is 637 g/mol. The van der Waals surface area contributed by atoms with Crippen molar-refractivity contribution in [2.45, 2.75) is 45.9 Å². The van der Waals surface area contributed by atoms with Gasteiger partial charge in [0.1, 0.15) is 41.2 Å². The molecule has 2 aliphatic rings. The molecule has 0 unspecified atom stereocenters. The number of aromatic nitrogens is 3. The summed E-state index contributed by atoms with van der Waals surface area (Å²) >= 11 is 1.48. The number of pyridine rings is 1. The van der Waals surface area contributed by atoms with E-state index in [4.69, 9.17) is 19.6 Å². The van der Waals surface area contributed by atoms with Crippen LogP contribution in [0.4, 0.5) is 14.6 Å². The van der Waals surface area contributed by atoms with Crippen LogP contribution in [0, 0.1) is 11.6 Å². The van der Waals surface area contributed by atoms with Crippen molar-refractivity contribution >= 4 is 33.1 Å². The summed E-state index contributed by atoms with van der Waals surface area (Å²) in [6, 6.07) is 6.35. The Balaban J connectivity index is 1.55. The number of piperazine rings is 1. The molecule has 1 fully saturated rings. The van der Waals surface area contributed by atoms with E-state index in [0.29, 0.717) is 36.1 Å². The van der Waals surface area contributed by atoms with Crippen LogP contribution in [0.3, 0.4) is 0 Å². The van der Waals surface area contributed by atoms with Crippen molar-refractivity contribution in [3.8, 4) is 28.3 Å². The fraction of sp³-hybridized carbons (Fsp3) is 0.424. The van der Waals surface area contributed by atoms with E-state index in [-0.39, 0.29) is 36.5 Å². The molecule has 1 aromatic carbocycles. The predicted octanol–water partition coefficient (Wildman–Crippen LogP) is 5.58. The fourth-order valence-corrected chi connectivity index (χ4v) is 7.15. The number of nitrogens with zero attached hydrogens (tertiary/aromatic N) is 6. The van der Waals surface area contributed by atoms with Crippen LogP contribution in [0.15, 0.2) is 42.3 Å². The Morgan fingerprint density at radius 3 is 2.64 bits per heavy atom. The Hall–Kier alpha value is -3.87. The van der Waals surface area contributed by atoms with Gasteiger partial charge in [-0.15, -0.1) is 11.3 Å². The topological polar surface area (TPSA) is 76.0 Å². The standard InChI is InChI=1S/C33H38F2N6O3S/c1-6-28(42)40-19-23-17-26(37-41(23)18-21(40)4)31-30(29-25(35)15-22(34)16-27(29)44-13-12-43-5)32-24(7-14-45-32)33(36-31)39-10-8-38(9-11-39)20(2)3/h6-7,14-17,20-21H,1,8-13,18-19H2,2-5H3/t21-/m1/s1. The number of carbonyl (C=O) groups excluding carboxylic acids is 1. The number of hydrogen-bond acceptors (Lipinski definition) is 8. The third kappa shape index (κ3) is 5.94. The zero-order valence-electron chi connectivity index (χ0n) is 26.1. The van der Waals surface area contributed by atoms with E-state index in [9.17, 15) is 9.18 Å². The number of rotatable bonds is 9. The van der Waals surface area contributed by atoms with Gasteiger partial charge in [0.2, 0.25) is 5.91 Å². The SMILES string of the molecule is C=CC(=O)N1Cc2cc(-c3nc(N4CCN(C(C)C)CC4)c4ccsc4c3-c3c(F)cc(F)cc3OCCOC)nn2C[C@H]1C. The molecule has 1 atom stereocenters. The van der Waals surface area contributed by atoms with Gasteiger partial charge >= 0.3 is 0 Å². The van der Waals surface area contributed by atoms with Gasteiger partial charge < -0.3 is 19.3 Å². The highest BCUT2D eigenvalue weighted by Gasteiger charge is 2.31. The van der Waals surface area contributed by atoms with Gasteiger partial charge in [0.25, 0.3) is 0 Å². The summed E-state index contributed by atoms with van der Waals surface area (Å²) in [5, 5.41) is 7.82. The summed E-state index contributed by atoms with van der Waals surface area (Å²) in [7, 11) is 1.54. The van der Waals surface area contributed by atoms with Crippen LogP contribution in [0.5, 0.6) is 5.75 Å². The number of thiophene rings is 1. The number of halogens is 2. The summed E-state index contributed by atoms with van der Waals surface area (Å²) in [6.45, 7) is 14.6. The van der Waals surface area contributed by atoms with E-state index in [1.54, 1.807) is 12.0 Å². The minimum Gasteiger partial charge on any atom is -0.490 e. The summed E-state index contributed by atoms with van der Waals surface area (Å²) < 4.78 is 44.3. The third-order valence-corrected chi connectivity index (χ3v) is 9.54. The molecule has 0 radical (unpaired) electrons. The van der Waals surface area contributed by atoms with Gasteiger partial charge in [-0.1, -0.05) is 6.58 Å². The van der Waals surface area contributed by atoms with Gasteiger partial charge in [-0.05, 0) is 44.4 Å². The molecule has 238 valence electrons. The van der Waals surface area contributed by atoms with Gasteiger partial charge in [0.15, 0.2) is 0 Å². The number of anilines is 1. The van der Waals surface area contributed by atoms with Gasteiger partial charge in [0, 0.05) is 73.2 Å². The number of amides is 1. The van der Waals surface area contributed by atoms with Crippen molar-refractivity contribution in [2.75, 3.05) is 51.4 Å². The lowest BCUT2D eigenvalue weighted by atomic mass is 9.98. The molecule has 0 spiro atoms. The van der Waals surface area contributed by atoms with Crippen molar-refractivity contribution in [3.05, 3.63) is 59.6 Å². The molecule has 5 heterocycles. The Bertz CT molecular complexity index is 1730. The van der Waals surface area contributed by atoms with Crippen molar-refractivity contribution in [3.63, 3.8) is 0 Å². The van der Waals surface area contributed by atoms with Gasteiger partial charge in [-0.25, -0.2) is 13.8 Å². The fourth-order valence-electron chi connectivity index (χ4n) is 6.21. The second kappa shape index (κ2) is 12.9. The molecule has 0 saturated carbocycles. The lowest BCUT2D eigenvalue weighted by molar-refractivity contribution is -0.129. The zero-order valence-corrected chi connectivity index (χ0v) is 26.9. The van der Waals surface area contributed by atoms with E-state index in [1.165, 1.54) is 23.5 Å². The molecule has 9 nitrogen and oxygen atoms in total. The predicted molar refractivity (Wildman–Crippen MR) is 173 cm³/mol. The lowest BCUT2D eigenvalue weighted by Crippen LogP contribution is -2.49. The van der Waals surface area contributed by atoms with Gasteiger partial charge in [-0.2, -0.15) is 5.10 Å².